The van der Waals surface area contributed by atoms with Gasteiger partial charge in [-0.25, -0.2) is 4.79 Å². The van der Waals surface area contributed by atoms with Crippen LogP contribution in [0.1, 0.15) is 13.8 Å². The Morgan fingerprint density at radius 1 is 1.70 bits per heavy atom. The lowest BCUT2D eigenvalue weighted by molar-refractivity contribution is -0.135. The van der Waals surface area contributed by atoms with Gasteiger partial charge in [0.1, 0.15) is 0 Å². The summed E-state index contributed by atoms with van der Waals surface area (Å²) in [5, 5.41) is 0. The molecule has 1 aliphatic rings. The van der Waals surface area contributed by atoms with Gasteiger partial charge in [0.05, 0.1) is 6.61 Å². The van der Waals surface area contributed by atoms with Crippen molar-refractivity contribution in [2.75, 3.05) is 6.61 Å². The Balaban J connectivity index is 2.66. The SMILES string of the molecule is C=C1C(=O)OC[C@@H]1C(C)C. The predicted octanol–water partition coefficient (Wildman–Crippen LogP) is 1.37. The molecule has 1 aliphatic heterocycles. The second-order valence-electron chi connectivity index (χ2n) is 2.97. The number of ether oxygens (including phenoxy) is 1. The average Bonchev–Trinajstić information content (AvgIpc) is 2.14. The molecular formula is C8H12O2. The monoisotopic (exact) mass is 140 g/mol. The van der Waals surface area contributed by atoms with Crippen molar-refractivity contribution in [2.45, 2.75) is 13.8 Å². The third-order valence-electron chi connectivity index (χ3n) is 1.91. The van der Waals surface area contributed by atoms with E-state index in [2.05, 4.69) is 20.4 Å². The number of cyclic esters (lactones) is 1. The molecule has 1 rings (SSSR count). The van der Waals surface area contributed by atoms with E-state index in [1.807, 2.05) is 0 Å². The summed E-state index contributed by atoms with van der Waals surface area (Å²) in [5.74, 6) is 0.477. The van der Waals surface area contributed by atoms with E-state index < -0.39 is 0 Å². The minimum atomic E-state index is -0.223. The molecule has 0 unspecified atom stereocenters. The Kier molecular flexibility index (Phi) is 1.79. The highest BCUT2D eigenvalue weighted by atomic mass is 16.5. The van der Waals surface area contributed by atoms with Crippen molar-refractivity contribution in [3.8, 4) is 0 Å². The second kappa shape index (κ2) is 2.45. The maximum Gasteiger partial charge on any atom is 0.333 e. The molecule has 0 aromatic rings. The first-order valence-electron chi connectivity index (χ1n) is 3.49. The third kappa shape index (κ3) is 1.06. The zero-order valence-electron chi connectivity index (χ0n) is 6.39. The minimum Gasteiger partial charge on any atom is -0.462 e. The number of hydrogen-bond acceptors (Lipinski definition) is 2. The summed E-state index contributed by atoms with van der Waals surface area (Å²) in [6.07, 6.45) is 0. The average molecular weight is 140 g/mol. The van der Waals surface area contributed by atoms with E-state index in [1.165, 1.54) is 0 Å². The van der Waals surface area contributed by atoms with E-state index in [0.29, 0.717) is 18.1 Å². The van der Waals surface area contributed by atoms with Crippen molar-refractivity contribution in [1.29, 1.82) is 0 Å². The first-order valence-corrected chi connectivity index (χ1v) is 3.49. The molecule has 0 aromatic heterocycles. The number of carbonyl (C=O) groups is 1. The highest BCUT2D eigenvalue weighted by molar-refractivity contribution is 5.90. The standard InChI is InChI=1S/C8H12O2/c1-5(2)7-4-10-8(9)6(7)3/h5,7H,3-4H2,1-2H3/t7-/m1/s1. The molecule has 2 nitrogen and oxygen atoms in total. The van der Waals surface area contributed by atoms with Gasteiger partial charge in [-0.2, -0.15) is 0 Å². The topological polar surface area (TPSA) is 26.3 Å². The molecule has 0 bridgehead atoms. The van der Waals surface area contributed by atoms with Crippen LogP contribution >= 0.6 is 0 Å². The van der Waals surface area contributed by atoms with Crippen LogP contribution in [0.5, 0.6) is 0 Å². The summed E-state index contributed by atoms with van der Waals surface area (Å²) in [6.45, 7) is 8.32. The van der Waals surface area contributed by atoms with Gasteiger partial charge in [-0.05, 0) is 5.92 Å². The maximum atomic E-state index is 10.8. The van der Waals surface area contributed by atoms with Gasteiger partial charge < -0.3 is 4.74 Å². The number of carbonyl (C=O) groups excluding carboxylic acids is 1. The first kappa shape index (κ1) is 7.32. The van der Waals surface area contributed by atoms with Crippen molar-refractivity contribution in [1.82, 2.24) is 0 Å². The number of hydrogen-bond donors (Lipinski definition) is 0. The van der Waals surface area contributed by atoms with E-state index in [1.54, 1.807) is 0 Å². The quantitative estimate of drug-likeness (QED) is 0.406. The van der Waals surface area contributed by atoms with E-state index >= 15 is 0 Å². The molecule has 1 fully saturated rings. The minimum absolute atomic E-state index is 0.223. The molecule has 0 amide bonds. The fourth-order valence-corrected chi connectivity index (χ4v) is 1.10. The van der Waals surface area contributed by atoms with E-state index in [9.17, 15) is 4.79 Å². The van der Waals surface area contributed by atoms with Gasteiger partial charge in [0.25, 0.3) is 0 Å². The Bertz CT molecular complexity index is 170. The van der Waals surface area contributed by atoms with Gasteiger partial charge in [0, 0.05) is 11.5 Å². The summed E-state index contributed by atoms with van der Waals surface area (Å²) in [4.78, 5) is 10.8. The Labute approximate surface area is 60.9 Å². The summed E-state index contributed by atoms with van der Waals surface area (Å²) >= 11 is 0. The van der Waals surface area contributed by atoms with Crippen LogP contribution in [0.3, 0.4) is 0 Å². The molecule has 0 saturated carbocycles. The van der Waals surface area contributed by atoms with Gasteiger partial charge in [-0.15, -0.1) is 0 Å². The second-order valence-corrected chi connectivity index (χ2v) is 2.97. The van der Waals surface area contributed by atoms with Crippen molar-refractivity contribution in [3.63, 3.8) is 0 Å². The predicted molar refractivity (Wildman–Crippen MR) is 38.4 cm³/mol. The lowest BCUT2D eigenvalue weighted by Gasteiger charge is -2.09. The van der Waals surface area contributed by atoms with Crippen molar-refractivity contribution < 1.29 is 9.53 Å². The van der Waals surface area contributed by atoms with Crippen LogP contribution in [0.25, 0.3) is 0 Å². The fraction of sp³-hybridized carbons (Fsp3) is 0.625. The van der Waals surface area contributed by atoms with Gasteiger partial charge >= 0.3 is 5.97 Å². The lowest BCUT2D eigenvalue weighted by atomic mass is 9.92. The Morgan fingerprint density at radius 2 is 2.30 bits per heavy atom. The maximum absolute atomic E-state index is 10.8. The third-order valence-corrected chi connectivity index (χ3v) is 1.91. The highest BCUT2D eigenvalue weighted by Crippen LogP contribution is 2.26. The molecular weight excluding hydrogens is 128 g/mol. The van der Waals surface area contributed by atoms with Crippen LogP contribution in [0.15, 0.2) is 12.2 Å². The van der Waals surface area contributed by atoms with Crippen LogP contribution in [-0.2, 0) is 9.53 Å². The molecule has 10 heavy (non-hydrogen) atoms. The van der Waals surface area contributed by atoms with Crippen LogP contribution in [0.2, 0.25) is 0 Å². The zero-order valence-corrected chi connectivity index (χ0v) is 6.39. The van der Waals surface area contributed by atoms with Gasteiger partial charge in [0.15, 0.2) is 0 Å². The number of esters is 1. The Hall–Kier alpha value is -0.790. The molecule has 1 saturated heterocycles. The summed E-state index contributed by atoms with van der Waals surface area (Å²) in [6, 6.07) is 0. The van der Waals surface area contributed by atoms with Crippen LogP contribution in [-0.4, -0.2) is 12.6 Å². The summed E-state index contributed by atoms with van der Waals surface area (Å²) in [7, 11) is 0. The van der Waals surface area contributed by atoms with Gasteiger partial charge in [0.2, 0.25) is 0 Å². The normalized spacial score (nSPS) is 25.7. The molecule has 56 valence electrons. The van der Waals surface area contributed by atoms with Crippen molar-refractivity contribution >= 4 is 5.97 Å². The van der Waals surface area contributed by atoms with Crippen LogP contribution < -0.4 is 0 Å². The molecule has 2 heteroatoms. The largest absolute Gasteiger partial charge is 0.462 e. The molecule has 0 spiro atoms. The molecule has 0 aliphatic carbocycles. The van der Waals surface area contributed by atoms with Gasteiger partial charge in [-0.3, -0.25) is 0 Å². The van der Waals surface area contributed by atoms with Crippen molar-refractivity contribution in [3.05, 3.63) is 12.2 Å². The first-order chi connectivity index (χ1) is 4.63. The van der Waals surface area contributed by atoms with Crippen LogP contribution in [0.4, 0.5) is 0 Å². The molecule has 0 N–H and O–H groups in total. The van der Waals surface area contributed by atoms with Gasteiger partial charge in [-0.1, -0.05) is 20.4 Å². The number of rotatable bonds is 1. The van der Waals surface area contributed by atoms with E-state index in [0.717, 1.165) is 0 Å². The molecule has 1 atom stereocenters. The molecule has 1 heterocycles. The smallest absolute Gasteiger partial charge is 0.333 e. The van der Waals surface area contributed by atoms with Crippen LogP contribution in [0, 0.1) is 11.8 Å². The summed E-state index contributed by atoms with van der Waals surface area (Å²) in [5.41, 5.74) is 0.634. The lowest BCUT2D eigenvalue weighted by Crippen LogP contribution is -2.09. The Morgan fingerprint density at radius 3 is 2.50 bits per heavy atom. The summed E-state index contributed by atoms with van der Waals surface area (Å²) < 4.78 is 4.80. The van der Waals surface area contributed by atoms with E-state index in [4.69, 9.17) is 4.74 Å². The zero-order chi connectivity index (χ0) is 7.72. The van der Waals surface area contributed by atoms with Crippen molar-refractivity contribution in [2.24, 2.45) is 11.8 Å². The van der Waals surface area contributed by atoms with E-state index in [-0.39, 0.29) is 11.9 Å². The highest BCUT2D eigenvalue weighted by Gasteiger charge is 2.30. The molecule has 0 radical (unpaired) electrons. The molecule has 0 aromatic carbocycles. The fourth-order valence-electron chi connectivity index (χ4n) is 1.10.